The number of hydrogen-bond acceptors (Lipinski definition) is 5. The fourth-order valence-electron chi connectivity index (χ4n) is 2.96. The molecule has 0 aliphatic carbocycles. The highest BCUT2D eigenvalue weighted by Crippen LogP contribution is 2.20. The Kier molecular flexibility index (Phi) is 4.33. The Morgan fingerprint density at radius 1 is 1.07 bits per heavy atom. The zero-order valence-corrected chi connectivity index (χ0v) is 14.3. The minimum Gasteiger partial charge on any atom is -0.447 e. The van der Waals surface area contributed by atoms with Gasteiger partial charge in [0.2, 0.25) is 0 Å². The number of carbonyl (C=O) groups excluding carboxylic acids is 2. The molecule has 2 amide bonds. The van der Waals surface area contributed by atoms with Crippen LogP contribution in [0.1, 0.15) is 15.9 Å². The Labute approximate surface area is 154 Å². The average Bonchev–Trinajstić information content (AvgIpc) is 3.12. The minimum absolute atomic E-state index is 0.0482. The first kappa shape index (κ1) is 16.8. The Balaban J connectivity index is 1.50. The van der Waals surface area contributed by atoms with Crippen LogP contribution in [0.5, 0.6) is 0 Å². The van der Waals surface area contributed by atoms with E-state index in [0.29, 0.717) is 29.8 Å². The van der Waals surface area contributed by atoms with E-state index >= 15 is 0 Å². The number of amides is 2. The van der Waals surface area contributed by atoms with Crippen molar-refractivity contribution in [3.8, 4) is 0 Å². The Hall–Kier alpha value is -3.61. The molecule has 2 heterocycles. The number of anilines is 1. The van der Waals surface area contributed by atoms with E-state index in [4.69, 9.17) is 9.15 Å². The Morgan fingerprint density at radius 2 is 1.93 bits per heavy atom. The van der Waals surface area contributed by atoms with E-state index in [1.165, 1.54) is 11.0 Å². The molecule has 1 aliphatic heterocycles. The third-order valence-corrected chi connectivity index (χ3v) is 4.32. The van der Waals surface area contributed by atoms with Crippen LogP contribution in [0.15, 0.2) is 63.8 Å². The van der Waals surface area contributed by atoms with Crippen molar-refractivity contribution >= 4 is 28.7 Å². The van der Waals surface area contributed by atoms with Gasteiger partial charge >= 0.3 is 11.7 Å². The number of nitrogens with zero attached hydrogens (tertiary/aromatic N) is 1. The molecule has 0 spiro atoms. The molecule has 1 aromatic heterocycles. The van der Waals surface area contributed by atoms with E-state index in [-0.39, 0.29) is 18.2 Å². The number of hydrogen-bond donors (Lipinski definition) is 1. The van der Waals surface area contributed by atoms with Crippen LogP contribution < -0.4 is 15.8 Å². The van der Waals surface area contributed by atoms with Crippen LogP contribution >= 0.6 is 0 Å². The van der Waals surface area contributed by atoms with Gasteiger partial charge in [0.05, 0.1) is 6.54 Å². The van der Waals surface area contributed by atoms with Crippen LogP contribution in [0.3, 0.4) is 0 Å². The number of para-hydroxylation sites is 1. The van der Waals surface area contributed by atoms with E-state index in [1.807, 2.05) is 6.07 Å². The number of carbonyl (C=O) groups is 2. The second-order valence-corrected chi connectivity index (χ2v) is 6.10. The highest BCUT2D eigenvalue weighted by molar-refractivity contribution is 5.96. The van der Waals surface area contributed by atoms with Crippen molar-refractivity contribution in [2.24, 2.45) is 0 Å². The van der Waals surface area contributed by atoms with Gasteiger partial charge in [-0.05, 0) is 29.8 Å². The minimum atomic E-state index is -0.681. The number of rotatable bonds is 4. The molecule has 0 unspecified atom stereocenters. The lowest BCUT2D eigenvalue weighted by atomic mass is 10.1. The largest absolute Gasteiger partial charge is 0.447 e. The van der Waals surface area contributed by atoms with Crippen molar-refractivity contribution in [2.75, 3.05) is 18.1 Å². The molecule has 0 atom stereocenters. The van der Waals surface area contributed by atoms with Crippen molar-refractivity contribution in [3.05, 3.63) is 76.1 Å². The summed E-state index contributed by atoms with van der Waals surface area (Å²) in [6, 6.07) is 15.8. The molecule has 136 valence electrons. The van der Waals surface area contributed by atoms with Gasteiger partial charge in [0.1, 0.15) is 17.8 Å². The number of benzene rings is 2. The maximum Gasteiger partial charge on any atom is 0.414 e. The first-order valence-electron chi connectivity index (χ1n) is 8.46. The number of nitrogens with one attached hydrogen (secondary N) is 1. The lowest BCUT2D eigenvalue weighted by Gasteiger charge is -2.14. The normalized spacial score (nSPS) is 13.6. The Bertz CT molecular complexity index is 1090. The summed E-state index contributed by atoms with van der Waals surface area (Å²) in [5, 5.41) is 3.39. The topological polar surface area (TPSA) is 88.8 Å². The molecule has 7 nitrogen and oxygen atoms in total. The maximum absolute atomic E-state index is 12.4. The smallest absolute Gasteiger partial charge is 0.414 e. The summed E-state index contributed by atoms with van der Waals surface area (Å²) in [6.07, 6.45) is -0.384. The predicted molar refractivity (Wildman–Crippen MR) is 98.8 cm³/mol. The van der Waals surface area contributed by atoms with Gasteiger partial charge in [-0.3, -0.25) is 9.69 Å². The molecule has 2 aromatic carbocycles. The monoisotopic (exact) mass is 364 g/mol. The van der Waals surface area contributed by atoms with Gasteiger partial charge in [-0.25, -0.2) is 9.59 Å². The molecular weight excluding hydrogens is 348 g/mol. The van der Waals surface area contributed by atoms with E-state index in [2.05, 4.69) is 5.32 Å². The quantitative estimate of drug-likeness (QED) is 0.719. The summed E-state index contributed by atoms with van der Waals surface area (Å²) in [6.45, 7) is 1.06. The zero-order valence-electron chi connectivity index (χ0n) is 14.3. The SMILES string of the molecule is O=C(NCc1cccc(N2CCOC2=O)c1)c1cc2ccccc2oc1=O. The number of cyclic esters (lactones) is 1. The van der Waals surface area contributed by atoms with Crippen LogP contribution in [0.2, 0.25) is 0 Å². The maximum atomic E-state index is 12.4. The molecule has 1 fully saturated rings. The third-order valence-electron chi connectivity index (χ3n) is 4.32. The van der Waals surface area contributed by atoms with Crippen LogP contribution in [-0.2, 0) is 11.3 Å². The summed E-state index contributed by atoms with van der Waals surface area (Å²) in [7, 11) is 0. The van der Waals surface area contributed by atoms with Crippen molar-refractivity contribution in [1.82, 2.24) is 5.32 Å². The van der Waals surface area contributed by atoms with Gasteiger partial charge in [0, 0.05) is 17.6 Å². The van der Waals surface area contributed by atoms with E-state index in [9.17, 15) is 14.4 Å². The number of ether oxygens (including phenoxy) is 1. The lowest BCUT2D eigenvalue weighted by Crippen LogP contribution is -2.28. The lowest BCUT2D eigenvalue weighted by molar-refractivity contribution is 0.0947. The molecule has 3 aromatic rings. The molecule has 1 N–H and O–H groups in total. The predicted octanol–water partition coefficient (Wildman–Crippen LogP) is 2.68. The van der Waals surface area contributed by atoms with Gasteiger partial charge < -0.3 is 14.5 Å². The molecule has 1 aliphatic rings. The van der Waals surface area contributed by atoms with Crippen molar-refractivity contribution in [3.63, 3.8) is 0 Å². The average molecular weight is 364 g/mol. The van der Waals surface area contributed by atoms with Crippen LogP contribution in [0.25, 0.3) is 11.0 Å². The summed E-state index contributed by atoms with van der Waals surface area (Å²) < 4.78 is 10.1. The number of fused-ring (bicyclic) bond motifs is 1. The van der Waals surface area contributed by atoms with Crippen LogP contribution in [0.4, 0.5) is 10.5 Å². The molecule has 7 heteroatoms. The van der Waals surface area contributed by atoms with Crippen LogP contribution in [0, 0.1) is 0 Å². The van der Waals surface area contributed by atoms with Gasteiger partial charge in [-0.15, -0.1) is 0 Å². The molecule has 0 saturated carbocycles. The van der Waals surface area contributed by atoms with Crippen molar-refractivity contribution in [2.45, 2.75) is 6.54 Å². The molecule has 1 saturated heterocycles. The molecule has 0 radical (unpaired) electrons. The van der Waals surface area contributed by atoms with E-state index < -0.39 is 11.5 Å². The van der Waals surface area contributed by atoms with Gasteiger partial charge in [-0.1, -0.05) is 30.3 Å². The summed E-state index contributed by atoms with van der Waals surface area (Å²) >= 11 is 0. The Morgan fingerprint density at radius 3 is 2.74 bits per heavy atom. The zero-order chi connectivity index (χ0) is 18.8. The fourth-order valence-corrected chi connectivity index (χ4v) is 2.96. The fraction of sp³-hybridized carbons (Fsp3) is 0.150. The third kappa shape index (κ3) is 3.39. The van der Waals surface area contributed by atoms with Crippen molar-refractivity contribution < 1.29 is 18.7 Å². The van der Waals surface area contributed by atoms with Crippen molar-refractivity contribution in [1.29, 1.82) is 0 Å². The molecule has 27 heavy (non-hydrogen) atoms. The van der Waals surface area contributed by atoms with E-state index in [1.54, 1.807) is 42.5 Å². The highest BCUT2D eigenvalue weighted by atomic mass is 16.6. The van der Waals surface area contributed by atoms with Gasteiger partial charge in [0.25, 0.3) is 5.91 Å². The van der Waals surface area contributed by atoms with Crippen LogP contribution in [-0.4, -0.2) is 25.2 Å². The second kappa shape index (κ2) is 6.95. The highest BCUT2D eigenvalue weighted by Gasteiger charge is 2.23. The second-order valence-electron chi connectivity index (χ2n) is 6.10. The molecule has 0 bridgehead atoms. The molecular formula is C20H16N2O5. The summed E-state index contributed by atoms with van der Waals surface area (Å²) in [5.74, 6) is -0.513. The standard InChI is InChI=1S/C20H16N2O5/c23-18(16-11-14-5-1-2-7-17(14)27-19(16)24)21-12-13-4-3-6-15(10-13)22-8-9-26-20(22)25/h1-7,10-11H,8-9,12H2,(H,21,23). The first-order chi connectivity index (χ1) is 13.1. The summed E-state index contributed by atoms with van der Waals surface area (Å²) in [4.78, 5) is 37.7. The first-order valence-corrected chi connectivity index (χ1v) is 8.46. The van der Waals surface area contributed by atoms with Gasteiger partial charge in [0.15, 0.2) is 0 Å². The van der Waals surface area contributed by atoms with Gasteiger partial charge in [-0.2, -0.15) is 0 Å². The molecule has 4 rings (SSSR count). The summed E-state index contributed by atoms with van der Waals surface area (Å²) in [5.41, 5.74) is 1.21. The van der Waals surface area contributed by atoms with E-state index in [0.717, 1.165) is 5.56 Å².